The highest BCUT2D eigenvalue weighted by molar-refractivity contribution is 5.97. The Hall–Kier alpha value is -2.19. The second-order valence-corrected chi connectivity index (χ2v) is 4.14. The Balaban J connectivity index is 2.55. The zero-order valence-electron chi connectivity index (χ0n) is 12.0. The number of benzene rings is 1. The molecule has 1 rings (SSSR count). The Morgan fingerprint density at radius 2 is 2.05 bits per heavy atom. The second-order valence-electron chi connectivity index (χ2n) is 4.14. The Morgan fingerprint density at radius 1 is 1.29 bits per heavy atom. The van der Waals surface area contributed by atoms with Gasteiger partial charge in [-0.1, -0.05) is 0 Å². The molecular weight excluding hydrogens is 278 g/mol. The van der Waals surface area contributed by atoms with Crippen molar-refractivity contribution in [2.75, 3.05) is 40.5 Å². The standard InChI is InChI=1S/C13H19N3O5/c1-20-8-7-14-5-6-15-13(17)11-4-3-10(16(18)19)9-12(11)21-2/h3-4,9,14H,5-8H2,1-2H3,(H,15,17). The Labute approximate surface area is 122 Å². The molecule has 0 aliphatic rings. The third-order valence-electron chi connectivity index (χ3n) is 2.71. The van der Waals surface area contributed by atoms with E-state index in [1.807, 2.05) is 0 Å². The molecule has 1 aromatic carbocycles. The molecule has 0 aromatic heterocycles. The lowest BCUT2D eigenvalue weighted by Gasteiger charge is -2.09. The van der Waals surface area contributed by atoms with Crippen LogP contribution in [0.1, 0.15) is 10.4 Å². The highest BCUT2D eigenvalue weighted by Gasteiger charge is 2.16. The molecule has 1 amide bonds. The minimum Gasteiger partial charge on any atom is -0.496 e. The first kappa shape index (κ1) is 16.9. The van der Waals surface area contributed by atoms with E-state index in [2.05, 4.69) is 10.6 Å². The molecule has 8 heteroatoms. The quantitative estimate of drug-likeness (QED) is 0.392. The number of nitro groups is 1. The van der Waals surface area contributed by atoms with Crippen molar-refractivity contribution in [2.45, 2.75) is 0 Å². The Kier molecular flexibility index (Phi) is 7.13. The van der Waals surface area contributed by atoms with Gasteiger partial charge in [0.15, 0.2) is 0 Å². The lowest BCUT2D eigenvalue weighted by Crippen LogP contribution is -2.33. The van der Waals surface area contributed by atoms with Crippen molar-refractivity contribution in [3.05, 3.63) is 33.9 Å². The minimum absolute atomic E-state index is 0.121. The normalized spacial score (nSPS) is 10.2. The number of nitro benzene ring substituents is 1. The number of rotatable bonds is 9. The summed E-state index contributed by atoms with van der Waals surface area (Å²) in [4.78, 5) is 22.1. The highest BCUT2D eigenvalue weighted by Crippen LogP contribution is 2.24. The van der Waals surface area contributed by atoms with E-state index in [1.165, 1.54) is 25.3 Å². The van der Waals surface area contributed by atoms with Crippen molar-refractivity contribution in [3.63, 3.8) is 0 Å². The molecular formula is C13H19N3O5. The van der Waals surface area contributed by atoms with Gasteiger partial charge in [-0.25, -0.2) is 0 Å². The molecule has 0 fully saturated rings. The fraction of sp³-hybridized carbons (Fsp3) is 0.462. The van der Waals surface area contributed by atoms with Crippen LogP contribution >= 0.6 is 0 Å². The number of methoxy groups -OCH3 is 2. The van der Waals surface area contributed by atoms with Gasteiger partial charge in [0.05, 0.1) is 30.3 Å². The Bertz CT molecular complexity index is 493. The van der Waals surface area contributed by atoms with Crippen LogP contribution < -0.4 is 15.4 Å². The number of nitrogens with one attached hydrogen (secondary N) is 2. The van der Waals surface area contributed by atoms with Crippen molar-refractivity contribution in [1.29, 1.82) is 0 Å². The van der Waals surface area contributed by atoms with Crippen molar-refractivity contribution in [2.24, 2.45) is 0 Å². The summed E-state index contributed by atoms with van der Waals surface area (Å²) >= 11 is 0. The molecule has 0 bridgehead atoms. The van der Waals surface area contributed by atoms with Gasteiger partial charge >= 0.3 is 0 Å². The van der Waals surface area contributed by atoms with Crippen molar-refractivity contribution in [3.8, 4) is 5.75 Å². The van der Waals surface area contributed by atoms with Crippen LogP contribution in [-0.4, -0.2) is 51.3 Å². The number of ether oxygens (including phenoxy) is 2. The van der Waals surface area contributed by atoms with E-state index in [0.717, 1.165) is 0 Å². The predicted molar refractivity (Wildman–Crippen MR) is 76.7 cm³/mol. The van der Waals surface area contributed by atoms with E-state index in [4.69, 9.17) is 9.47 Å². The first-order valence-electron chi connectivity index (χ1n) is 6.40. The van der Waals surface area contributed by atoms with Gasteiger partial charge in [0.25, 0.3) is 11.6 Å². The van der Waals surface area contributed by atoms with E-state index in [0.29, 0.717) is 26.2 Å². The van der Waals surface area contributed by atoms with Gasteiger partial charge in [-0.15, -0.1) is 0 Å². The lowest BCUT2D eigenvalue weighted by molar-refractivity contribution is -0.384. The molecule has 1 aromatic rings. The van der Waals surface area contributed by atoms with Crippen LogP contribution in [0.25, 0.3) is 0 Å². The maximum absolute atomic E-state index is 12.0. The molecule has 0 unspecified atom stereocenters. The van der Waals surface area contributed by atoms with Gasteiger partial charge in [0, 0.05) is 32.8 Å². The molecule has 0 saturated heterocycles. The average Bonchev–Trinajstić information content (AvgIpc) is 2.49. The molecule has 8 nitrogen and oxygen atoms in total. The third kappa shape index (κ3) is 5.36. The average molecular weight is 297 g/mol. The summed E-state index contributed by atoms with van der Waals surface area (Å²) in [5.41, 5.74) is 0.143. The van der Waals surface area contributed by atoms with Crippen LogP contribution in [0.5, 0.6) is 5.75 Å². The fourth-order valence-corrected chi connectivity index (χ4v) is 1.64. The Morgan fingerprint density at radius 3 is 2.67 bits per heavy atom. The molecule has 0 radical (unpaired) electrons. The fourth-order valence-electron chi connectivity index (χ4n) is 1.64. The van der Waals surface area contributed by atoms with Crippen LogP contribution in [0.3, 0.4) is 0 Å². The highest BCUT2D eigenvalue weighted by atomic mass is 16.6. The number of hydrogen-bond donors (Lipinski definition) is 2. The monoisotopic (exact) mass is 297 g/mol. The van der Waals surface area contributed by atoms with Crippen LogP contribution in [0.2, 0.25) is 0 Å². The molecule has 0 saturated carbocycles. The number of amides is 1. The second kappa shape index (κ2) is 8.88. The van der Waals surface area contributed by atoms with Crippen LogP contribution in [0.15, 0.2) is 18.2 Å². The van der Waals surface area contributed by atoms with E-state index in [9.17, 15) is 14.9 Å². The van der Waals surface area contributed by atoms with E-state index in [-0.39, 0.29) is 22.9 Å². The van der Waals surface area contributed by atoms with Crippen molar-refractivity contribution < 1.29 is 19.2 Å². The molecule has 0 heterocycles. The SMILES string of the molecule is COCCNCCNC(=O)c1ccc([N+](=O)[O-])cc1OC. The third-order valence-corrected chi connectivity index (χ3v) is 2.71. The van der Waals surface area contributed by atoms with E-state index in [1.54, 1.807) is 7.11 Å². The van der Waals surface area contributed by atoms with Crippen LogP contribution in [0.4, 0.5) is 5.69 Å². The number of hydrogen-bond acceptors (Lipinski definition) is 6. The number of nitrogens with zero attached hydrogens (tertiary/aromatic N) is 1. The van der Waals surface area contributed by atoms with Crippen LogP contribution in [-0.2, 0) is 4.74 Å². The zero-order valence-corrected chi connectivity index (χ0v) is 12.0. The maximum atomic E-state index is 12.0. The molecule has 0 aliphatic carbocycles. The predicted octanol–water partition coefficient (Wildman–Crippen LogP) is 0.569. The first-order chi connectivity index (χ1) is 10.1. The molecule has 21 heavy (non-hydrogen) atoms. The smallest absolute Gasteiger partial charge is 0.273 e. The zero-order chi connectivity index (χ0) is 15.7. The summed E-state index contributed by atoms with van der Waals surface area (Å²) in [5, 5.41) is 16.5. The number of carbonyl (C=O) groups is 1. The summed E-state index contributed by atoms with van der Waals surface area (Å²) in [5.74, 6) is -0.163. The molecule has 0 spiro atoms. The summed E-state index contributed by atoms with van der Waals surface area (Å²) in [6.07, 6.45) is 0. The summed E-state index contributed by atoms with van der Waals surface area (Å²) < 4.78 is 9.90. The summed E-state index contributed by atoms with van der Waals surface area (Å²) in [6.45, 7) is 2.34. The van der Waals surface area contributed by atoms with Crippen molar-refractivity contribution >= 4 is 11.6 Å². The van der Waals surface area contributed by atoms with Crippen LogP contribution in [0, 0.1) is 10.1 Å². The first-order valence-corrected chi connectivity index (χ1v) is 6.40. The largest absolute Gasteiger partial charge is 0.496 e. The molecule has 2 N–H and O–H groups in total. The van der Waals surface area contributed by atoms with Gasteiger partial charge in [0.2, 0.25) is 0 Å². The van der Waals surface area contributed by atoms with Gasteiger partial charge < -0.3 is 20.1 Å². The van der Waals surface area contributed by atoms with Gasteiger partial charge in [-0.3, -0.25) is 14.9 Å². The van der Waals surface area contributed by atoms with Gasteiger partial charge in [0.1, 0.15) is 5.75 Å². The number of carbonyl (C=O) groups excluding carboxylic acids is 1. The molecule has 0 aliphatic heterocycles. The topological polar surface area (TPSA) is 103 Å². The summed E-state index contributed by atoms with van der Waals surface area (Å²) in [6, 6.07) is 3.88. The van der Waals surface area contributed by atoms with E-state index >= 15 is 0 Å². The molecule has 116 valence electrons. The molecule has 0 atom stereocenters. The van der Waals surface area contributed by atoms with Gasteiger partial charge in [-0.2, -0.15) is 0 Å². The minimum atomic E-state index is -0.538. The number of non-ortho nitro benzene ring substituents is 1. The van der Waals surface area contributed by atoms with Gasteiger partial charge in [-0.05, 0) is 6.07 Å². The maximum Gasteiger partial charge on any atom is 0.273 e. The summed E-state index contributed by atoms with van der Waals surface area (Å²) in [7, 11) is 2.98. The lowest BCUT2D eigenvalue weighted by atomic mass is 10.1. The van der Waals surface area contributed by atoms with Crippen molar-refractivity contribution in [1.82, 2.24) is 10.6 Å². The van der Waals surface area contributed by atoms with E-state index < -0.39 is 4.92 Å².